The van der Waals surface area contributed by atoms with Gasteiger partial charge in [-0.05, 0) is 44.4 Å². The summed E-state index contributed by atoms with van der Waals surface area (Å²) in [6.45, 7) is 4.56. The van der Waals surface area contributed by atoms with E-state index in [-0.39, 0.29) is 6.04 Å². The first kappa shape index (κ1) is 14.5. The molecule has 0 saturated heterocycles. The van der Waals surface area contributed by atoms with Gasteiger partial charge in [-0.25, -0.2) is 0 Å². The van der Waals surface area contributed by atoms with Gasteiger partial charge in [0.25, 0.3) is 0 Å². The minimum absolute atomic E-state index is 0.116. The average Bonchev–Trinajstić information content (AvgIpc) is 2.59. The standard InChI is InChI=1S/C16H26N2O/c1-3-19-12-11-18(2)15-10-6-8-13-7-4-5-9-14(13)16(15)17/h4-5,7,9,15-16H,3,6,8,10-12,17H2,1-2H3. The number of benzene rings is 1. The van der Waals surface area contributed by atoms with Gasteiger partial charge in [-0.3, -0.25) is 4.90 Å². The minimum atomic E-state index is 0.116. The molecule has 0 saturated carbocycles. The highest BCUT2D eigenvalue weighted by Crippen LogP contribution is 2.29. The highest BCUT2D eigenvalue weighted by atomic mass is 16.5. The number of rotatable bonds is 5. The summed E-state index contributed by atoms with van der Waals surface area (Å²) in [5.41, 5.74) is 9.27. The Balaban J connectivity index is 2.06. The Bertz CT molecular complexity index is 394. The second-order valence-corrected chi connectivity index (χ2v) is 5.36. The molecule has 106 valence electrons. The number of nitrogens with two attached hydrogens (primary N) is 1. The van der Waals surface area contributed by atoms with Gasteiger partial charge < -0.3 is 10.5 Å². The molecule has 1 aromatic carbocycles. The van der Waals surface area contributed by atoms with Crippen molar-refractivity contribution in [3.8, 4) is 0 Å². The largest absolute Gasteiger partial charge is 0.380 e. The third kappa shape index (κ3) is 3.56. The predicted octanol–water partition coefficient (Wildman–Crippen LogP) is 2.36. The van der Waals surface area contributed by atoms with Crippen LogP contribution in [0.1, 0.15) is 36.9 Å². The third-order valence-electron chi connectivity index (χ3n) is 4.13. The van der Waals surface area contributed by atoms with E-state index in [0.29, 0.717) is 6.04 Å². The van der Waals surface area contributed by atoms with Gasteiger partial charge in [0.05, 0.1) is 6.61 Å². The van der Waals surface area contributed by atoms with E-state index < -0.39 is 0 Å². The van der Waals surface area contributed by atoms with Crippen molar-refractivity contribution < 1.29 is 4.74 Å². The highest BCUT2D eigenvalue weighted by Gasteiger charge is 2.27. The first-order valence-corrected chi connectivity index (χ1v) is 7.35. The number of hydrogen-bond acceptors (Lipinski definition) is 3. The summed E-state index contributed by atoms with van der Waals surface area (Å²) < 4.78 is 5.45. The van der Waals surface area contributed by atoms with Gasteiger partial charge in [0, 0.05) is 25.2 Å². The Morgan fingerprint density at radius 3 is 2.95 bits per heavy atom. The minimum Gasteiger partial charge on any atom is -0.380 e. The van der Waals surface area contributed by atoms with Gasteiger partial charge in [-0.1, -0.05) is 24.3 Å². The highest BCUT2D eigenvalue weighted by molar-refractivity contribution is 5.32. The maximum Gasteiger partial charge on any atom is 0.0593 e. The van der Waals surface area contributed by atoms with E-state index in [9.17, 15) is 0 Å². The lowest BCUT2D eigenvalue weighted by Crippen LogP contribution is -2.41. The van der Waals surface area contributed by atoms with E-state index in [1.165, 1.54) is 24.0 Å². The van der Waals surface area contributed by atoms with Crippen LogP contribution >= 0.6 is 0 Å². The first-order chi connectivity index (χ1) is 9.24. The van der Waals surface area contributed by atoms with Crippen LogP contribution in [0.2, 0.25) is 0 Å². The van der Waals surface area contributed by atoms with E-state index in [4.69, 9.17) is 10.5 Å². The molecule has 2 N–H and O–H groups in total. The quantitative estimate of drug-likeness (QED) is 0.654. The normalized spacial score (nSPS) is 23.2. The summed E-state index contributed by atoms with van der Waals surface area (Å²) in [7, 11) is 2.16. The fourth-order valence-electron chi connectivity index (χ4n) is 2.99. The van der Waals surface area contributed by atoms with Gasteiger partial charge in [-0.15, -0.1) is 0 Å². The van der Waals surface area contributed by atoms with Crippen LogP contribution in [0, 0.1) is 0 Å². The number of aryl methyl sites for hydroxylation is 1. The van der Waals surface area contributed by atoms with Crippen molar-refractivity contribution in [1.29, 1.82) is 0 Å². The number of hydrogen-bond donors (Lipinski definition) is 1. The summed E-state index contributed by atoms with van der Waals surface area (Å²) in [6.07, 6.45) is 3.53. The SMILES string of the molecule is CCOCCN(C)C1CCCc2ccccc2C1N. The second kappa shape index (κ2) is 7.04. The fraction of sp³-hybridized carbons (Fsp3) is 0.625. The van der Waals surface area contributed by atoms with Crippen molar-refractivity contribution in [3.05, 3.63) is 35.4 Å². The average molecular weight is 262 g/mol. The van der Waals surface area contributed by atoms with Gasteiger partial charge in [0.1, 0.15) is 0 Å². The molecule has 2 rings (SSSR count). The summed E-state index contributed by atoms with van der Waals surface area (Å²) in [5, 5.41) is 0. The fourth-order valence-corrected chi connectivity index (χ4v) is 2.99. The molecular weight excluding hydrogens is 236 g/mol. The smallest absolute Gasteiger partial charge is 0.0593 e. The van der Waals surface area contributed by atoms with E-state index >= 15 is 0 Å². The molecule has 3 heteroatoms. The maximum atomic E-state index is 6.51. The first-order valence-electron chi connectivity index (χ1n) is 7.35. The Hall–Kier alpha value is -0.900. The van der Waals surface area contributed by atoms with E-state index in [0.717, 1.165) is 26.2 Å². The lowest BCUT2D eigenvalue weighted by molar-refractivity contribution is 0.0987. The Labute approximate surface area is 116 Å². The molecule has 0 amide bonds. The molecular formula is C16H26N2O. The molecule has 0 aromatic heterocycles. The zero-order valence-corrected chi connectivity index (χ0v) is 12.1. The van der Waals surface area contributed by atoms with Gasteiger partial charge in [0.2, 0.25) is 0 Å². The monoisotopic (exact) mass is 262 g/mol. The summed E-state index contributed by atoms with van der Waals surface area (Å²) in [4.78, 5) is 2.36. The van der Waals surface area contributed by atoms with Crippen LogP contribution in [0.25, 0.3) is 0 Å². The molecule has 1 aliphatic carbocycles. The topological polar surface area (TPSA) is 38.5 Å². The van der Waals surface area contributed by atoms with Crippen molar-refractivity contribution in [1.82, 2.24) is 4.90 Å². The van der Waals surface area contributed by atoms with E-state index in [1.54, 1.807) is 0 Å². The molecule has 3 nitrogen and oxygen atoms in total. The van der Waals surface area contributed by atoms with Crippen LogP contribution in [0.3, 0.4) is 0 Å². The number of fused-ring (bicyclic) bond motifs is 1. The molecule has 0 radical (unpaired) electrons. The lowest BCUT2D eigenvalue weighted by Gasteiger charge is -2.32. The second-order valence-electron chi connectivity index (χ2n) is 5.36. The summed E-state index contributed by atoms with van der Waals surface area (Å²) >= 11 is 0. The molecule has 1 aliphatic rings. The van der Waals surface area contributed by atoms with Crippen molar-refractivity contribution >= 4 is 0 Å². The predicted molar refractivity (Wildman–Crippen MR) is 79.2 cm³/mol. The zero-order chi connectivity index (χ0) is 13.7. The van der Waals surface area contributed by atoms with Crippen molar-refractivity contribution in [2.24, 2.45) is 5.73 Å². The Kier molecular flexibility index (Phi) is 5.37. The van der Waals surface area contributed by atoms with Gasteiger partial charge in [-0.2, -0.15) is 0 Å². The van der Waals surface area contributed by atoms with Crippen molar-refractivity contribution in [3.63, 3.8) is 0 Å². The van der Waals surface area contributed by atoms with E-state index in [2.05, 4.69) is 36.2 Å². The van der Waals surface area contributed by atoms with Crippen molar-refractivity contribution in [2.75, 3.05) is 26.8 Å². The van der Waals surface area contributed by atoms with Crippen LogP contribution in [-0.4, -0.2) is 37.7 Å². The van der Waals surface area contributed by atoms with Crippen LogP contribution in [0.5, 0.6) is 0 Å². The number of ether oxygens (including phenoxy) is 1. The molecule has 0 bridgehead atoms. The Morgan fingerprint density at radius 2 is 2.16 bits per heavy atom. The molecule has 0 heterocycles. The lowest BCUT2D eigenvalue weighted by atomic mass is 9.96. The summed E-state index contributed by atoms with van der Waals surface area (Å²) in [6, 6.07) is 9.16. The molecule has 2 atom stereocenters. The molecule has 2 unspecified atom stereocenters. The Morgan fingerprint density at radius 1 is 1.37 bits per heavy atom. The van der Waals surface area contributed by atoms with Crippen molar-refractivity contribution in [2.45, 2.75) is 38.3 Å². The third-order valence-corrected chi connectivity index (χ3v) is 4.13. The zero-order valence-electron chi connectivity index (χ0n) is 12.1. The van der Waals surface area contributed by atoms with Gasteiger partial charge >= 0.3 is 0 Å². The molecule has 19 heavy (non-hydrogen) atoms. The van der Waals surface area contributed by atoms with Crippen LogP contribution < -0.4 is 5.73 Å². The molecule has 1 aromatic rings. The van der Waals surface area contributed by atoms with E-state index in [1.807, 2.05) is 6.92 Å². The number of likely N-dealkylation sites (N-methyl/N-ethyl adjacent to an activating group) is 1. The van der Waals surface area contributed by atoms with Crippen LogP contribution in [0.4, 0.5) is 0 Å². The van der Waals surface area contributed by atoms with Gasteiger partial charge in [0.15, 0.2) is 0 Å². The maximum absolute atomic E-state index is 6.51. The number of nitrogens with zero attached hydrogens (tertiary/aromatic N) is 1. The molecule has 0 aliphatic heterocycles. The molecule has 0 fully saturated rings. The summed E-state index contributed by atoms with van der Waals surface area (Å²) in [5.74, 6) is 0. The van der Waals surface area contributed by atoms with Crippen LogP contribution in [-0.2, 0) is 11.2 Å². The van der Waals surface area contributed by atoms with Crippen LogP contribution in [0.15, 0.2) is 24.3 Å². The molecule has 0 spiro atoms.